The predicted molar refractivity (Wildman–Crippen MR) is 85.0 cm³/mol. The highest BCUT2D eigenvalue weighted by molar-refractivity contribution is 5.67. The Morgan fingerprint density at radius 2 is 1.86 bits per heavy atom. The molecule has 2 aliphatic rings. The van der Waals surface area contributed by atoms with E-state index in [2.05, 4.69) is 13.2 Å². The summed E-state index contributed by atoms with van der Waals surface area (Å²) in [6.07, 6.45) is 1.47. The summed E-state index contributed by atoms with van der Waals surface area (Å²) in [5, 5.41) is 0. The zero-order valence-corrected chi connectivity index (χ0v) is 13.0. The maximum absolute atomic E-state index is 14.4. The second-order valence-corrected chi connectivity index (χ2v) is 5.78. The van der Waals surface area contributed by atoms with E-state index in [1.807, 2.05) is 19.9 Å². The molecule has 0 N–H and O–H groups in total. The van der Waals surface area contributed by atoms with Gasteiger partial charge in [0.1, 0.15) is 17.5 Å². The van der Waals surface area contributed by atoms with Gasteiger partial charge in [-0.2, -0.15) is 0 Å². The van der Waals surface area contributed by atoms with Gasteiger partial charge in [0.15, 0.2) is 0 Å². The Balaban J connectivity index is 2.20. The maximum atomic E-state index is 14.4. The van der Waals surface area contributed by atoms with E-state index in [9.17, 15) is 8.78 Å². The summed E-state index contributed by atoms with van der Waals surface area (Å²) in [6.45, 7) is 11.6. The van der Waals surface area contributed by atoms with Crippen molar-refractivity contribution < 1.29 is 8.78 Å². The van der Waals surface area contributed by atoms with E-state index in [-0.39, 0.29) is 23.3 Å². The highest BCUT2D eigenvalue weighted by atomic mass is 19.1. The highest BCUT2D eigenvalue weighted by Gasteiger charge is 2.39. The number of halogens is 2. The van der Waals surface area contributed by atoms with Crippen LogP contribution in [0.2, 0.25) is 0 Å². The zero-order valence-electron chi connectivity index (χ0n) is 13.0. The molecule has 0 bridgehead atoms. The molecule has 2 heterocycles. The first-order valence-electron chi connectivity index (χ1n) is 7.12. The van der Waals surface area contributed by atoms with E-state index < -0.39 is 0 Å². The first kappa shape index (κ1) is 14.6. The van der Waals surface area contributed by atoms with Crippen LogP contribution in [0.25, 0.3) is 0 Å². The lowest BCUT2D eigenvalue weighted by atomic mass is 9.99. The first-order chi connectivity index (χ1) is 10.3. The zero-order chi connectivity index (χ0) is 16.2. The van der Waals surface area contributed by atoms with Crippen LogP contribution in [0, 0.1) is 18.7 Å². The van der Waals surface area contributed by atoms with Crippen molar-refractivity contribution >= 4 is 5.69 Å². The number of rotatable bonds is 1. The highest BCUT2D eigenvalue weighted by Crippen LogP contribution is 2.46. The van der Waals surface area contributed by atoms with Crippen LogP contribution in [0.4, 0.5) is 14.5 Å². The molecule has 0 saturated carbocycles. The molecule has 0 aliphatic carbocycles. The van der Waals surface area contributed by atoms with Crippen LogP contribution >= 0.6 is 0 Å². The van der Waals surface area contributed by atoms with Gasteiger partial charge in [-0.1, -0.05) is 26.1 Å². The average molecular weight is 300 g/mol. The Bertz CT molecular complexity index is 758. The van der Waals surface area contributed by atoms with Crippen molar-refractivity contribution in [2.24, 2.45) is 5.92 Å². The van der Waals surface area contributed by atoms with E-state index in [4.69, 9.17) is 0 Å². The predicted octanol–water partition coefficient (Wildman–Crippen LogP) is 4.63. The number of likely N-dealkylation sites (N-methyl/N-ethyl adjacent to an activating group) is 1. The minimum absolute atomic E-state index is 0.0861. The molecular formula is C18H18F2N2. The Kier molecular flexibility index (Phi) is 3.20. The molecule has 0 fully saturated rings. The largest absolute Gasteiger partial charge is 0.328 e. The van der Waals surface area contributed by atoms with Crippen molar-refractivity contribution in [2.45, 2.75) is 13.8 Å². The number of hydrogen-bond acceptors (Lipinski definition) is 2. The average Bonchev–Trinajstić information content (AvgIpc) is 2.70. The Hall–Kier alpha value is -2.36. The normalized spacial score (nSPS) is 21.5. The van der Waals surface area contributed by atoms with Crippen LogP contribution in [0.5, 0.6) is 0 Å². The van der Waals surface area contributed by atoms with Gasteiger partial charge in [-0.25, -0.2) is 8.78 Å². The summed E-state index contributed by atoms with van der Waals surface area (Å²) in [7, 11) is 1.73. The van der Waals surface area contributed by atoms with Gasteiger partial charge < -0.3 is 4.90 Å². The van der Waals surface area contributed by atoms with Gasteiger partial charge in [0, 0.05) is 24.2 Å². The van der Waals surface area contributed by atoms with Crippen molar-refractivity contribution in [3.05, 3.63) is 77.4 Å². The van der Waals surface area contributed by atoms with Gasteiger partial charge in [-0.15, -0.1) is 0 Å². The lowest BCUT2D eigenvalue weighted by Crippen LogP contribution is -2.31. The fourth-order valence-electron chi connectivity index (χ4n) is 2.94. The van der Waals surface area contributed by atoms with Crippen molar-refractivity contribution in [2.75, 3.05) is 11.9 Å². The summed E-state index contributed by atoms with van der Waals surface area (Å²) >= 11 is 0. The molecule has 1 aromatic rings. The van der Waals surface area contributed by atoms with Crippen molar-refractivity contribution in [1.82, 2.24) is 4.90 Å². The van der Waals surface area contributed by atoms with E-state index in [0.717, 1.165) is 16.8 Å². The molecule has 1 unspecified atom stereocenters. The van der Waals surface area contributed by atoms with Crippen LogP contribution in [0.1, 0.15) is 12.5 Å². The van der Waals surface area contributed by atoms with E-state index in [1.54, 1.807) is 22.9 Å². The van der Waals surface area contributed by atoms with Gasteiger partial charge in [0.05, 0.1) is 11.4 Å². The summed E-state index contributed by atoms with van der Waals surface area (Å²) < 4.78 is 28.4. The Labute approximate surface area is 129 Å². The summed E-state index contributed by atoms with van der Waals surface area (Å²) in [6, 6.07) is 5.06. The third-order valence-corrected chi connectivity index (χ3v) is 4.35. The van der Waals surface area contributed by atoms with E-state index in [1.165, 1.54) is 12.1 Å². The molecule has 2 nitrogen and oxygen atoms in total. The topological polar surface area (TPSA) is 6.48 Å². The van der Waals surface area contributed by atoms with Crippen molar-refractivity contribution in [1.29, 1.82) is 0 Å². The number of allylic oxidation sites excluding steroid dienone is 3. The molecule has 0 spiro atoms. The number of hydrogen-bond donors (Lipinski definition) is 0. The molecule has 2 aliphatic heterocycles. The quantitative estimate of drug-likeness (QED) is 0.746. The summed E-state index contributed by atoms with van der Waals surface area (Å²) in [5.74, 6) is -0.0630. The molecule has 0 radical (unpaired) electrons. The second-order valence-electron chi connectivity index (χ2n) is 5.78. The fraction of sp³-hybridized carbons (Fsp3) is 0.222. The molecule has 1 aromatic carbocycles. The molecule has 114 valence electrons. The number of anilines is 1. The minimum atomic E-state index is -0.368. The minimum Gasteiger partial charge on any atom is -0.328 e. The molecule has 3 rings (SSSR count). The summed E-state index contributed by atoms with van der Waals surface area (Å²) in [5.41, 5.74) is 3.04. The van der Waals surface area contributed by atoms with Gasteiger partial charge >= 0.3 is 0 Å². The molecular weight excluding hydrogens is 282 g/mol. The summed E-state index contributed by atoms with van der Waals surface area (Å²) in [4.78, 5) is 3.40. The SMILES string of the molecule is C=C1C(F)=CC2=C(N1C)N(c1ccc(C)cc1F)C(=C)C2C. The van der Waals surface area contributed by atoms with Crippen LogP contribution < -0.4 is 4.90 Å². The standard InChI is InChI=1S/C18H18F2N2/c1-10-6-7-17(16(20)8-10)22-12(3)11(2)14-9-15(19)13(4)21(5)18(14)22/h6-9,11H,3-4H2,1-2,5H3. The lowest BCUT2D eigenvalue weighted by molar-refractivity contribution is 0.464. The van der Waals surface area contributed by atoms with Crippen LogP contribution in [-0.4, -0.2) is 11.9 Å². The number of aryl methyl sites for hydroxylation is 1. The van der Waals surface area contributed by atoms with Crippen LogP contribution in [0.15, 0.2) is 66.0 Å². The third-order valence-electron chi connectivity index (χ3n) is 4.35. The molecule has 0 saturated heterocycles. The van der Waals surface area contributed by atoms with Crippen LogP contribution in [0.3, 0.4) is 0 Å². The molecule has 0 amide bonds. The monoisotopic (exact) mass is 300 g/mol. The second kappa shape index (κ2) is 4.83. The van der Waals surface area contributed by atoms with Crippen LogP contribution in [-0.2, 0) is 0 Å². The molecule has 22 heavy (non-hydrogen) atoms. The van der Waals surface area contributed by atoms with E-state index >= 15 is 0 Å². The number of nitrogens with zero attached hydrogens (tertiary/aromatic N) is 2. The van der Waals surface area contributed by atoms with Gasteiger partial charge in [-0.3, -0.25) is 4.90 Å². The molecule has 4 heteroatoms. The lowest BCUT2D eigenvalue weighted by Gasteiger charge is -2.33. The van der Waals surface area contributed by atoms with Crippen molar-refractivity contribution in [3.63, 3.8) is 0 Å². The third kappa shape index (κ3) is 1.90. The van der Waals surface area contributed by atoms with Crippen molar-refractivity contribution in [3.8, 4) is 0 Å². The maximum Gasteiger partial charge on any atom is 0.147 e. The molecule has 0 aromatic heterocycles. The number of benzene rings is 1. The molecule has 1 atom stereocenters. The smallest absolute Gasteiger partial charge is 0.147 e. The van der Waals surface area contributed by atoms with Gasteiger partial charge in [-0.05, 0) is 30.7 Å². The van der Waals surface area contributed by atoms with Gasteiger partial charge in [0.2, 0.25) is 0 Å². The Morgan fingerprint density at radius 3 is 2.50 bits per heavy atom. The van der Waals surface area contributed by atoms with Gasteiger partial charge in [0.25, 0.3) is 0 Å². The van der Waals surface area contributed by atoms with E-state index in [0.29, 0.717) is 11.5 Å². The fourth-order valence-corrected chi connectivity index (χ4v) is 2.94. The first-order valence-corrected chi connectivity index (χ1v) is 7.12. The Morgan fingerprint density at radius 1 is 1.18 bits per heavy atom.